The molecule has 0 spiro atoms. The highest BCUT2D eigenvalue weighted by atomic mass is 16.5. The number of amides is 1. The first-order chi connectivity index (χ1) is 13.7. The number of piperidine rings is 1. The largest absolute Gasteiger partial charge is 0.497 e. The minimum absolute atomic E-state index is 0.108. The van der Waals surface area contributed by atoms with Gasteiger partial charge in [0.2, 0.25) is 5.91 Å². The Morgan fingerprint density at radius 2 is 1.82 bits per heavy atom. The van der Waals surface area contributed by atoms with Gasteiger partial charge in [0.1, 0.15) is 5.75 Å². The number of nitrogens with zero attached hydrogens (tertiary/aromatic N) is 1. The van der Waals surface area contributed by atoms with Crippen LogP contribution in [0, 0.1) is 5.92 Å². The van der Waals surface area contributed by atoms with E-state index < -0.39 is 0 Å². The number of ether oxygens (including phenoxy) is 1. The first-order valence-corrected chi connectivity index (χ1v) is 10.2. The van der Waals surface area contributed by atoms with Crippen LogP contribution < -0.4 is 4.74 Å². The lowest BCUT2D eigenvalue weighted by atomic mass is 9.80. The number of hydrogen-bond donors (Lipinski definition) is 0. The number of fused-ring (bicyclic) bond motifs is 1. The van der Waals surface area contributed by atoms with E-state index in [1.807, 2.05) is 29.2 Å². The third-order valence-electron chi connectivity index (χ3n) is 6.25. The molecule has 1 heterocycles. The zero-order valence-electron chi connectivity index (χ0n) is 16.4. The summed E-state index contributed by atoms with van der Waals surface area (Å²) >= 11 is 0. The van der Waals surface area contributed by atoms with Crippen LogP contribution in [-0.2, 0) is 11.2 Å². The number of carbonyl (C=O) groups excluding carboxylic acids is 2. The summed E-state index contributed by atoms with van der Waals surface area (Å²) < 4.78 is 5.25. The molecular formula is C24H27NO3. The van der Waals surface area contributed by atoms with Crippen molar-refractivity contribution in [2.75, 3.05) is 20.2 Å². The van der Waals surface area contributed by atoms with Gasteiger partial charge < -0.3 is 9.64 Å². The van der Waals surface area contributed by atoms with Crippen LogP contribution in [-0.4, -0.2) is 36.8 Å². The first-order valence-electron chi connectivity index (χ1n) is 10.2. The second-order valence-electron chi connectivity index (χ2n) is 7.89. The predicted octanol–water partition coefficient (Wildman–Crippen LogP) is 4.24. The van der Waals surface area contributed by atoms with Gasteiger partial charge in [0.25, 0.3) is 0 Å². The van der Waals surface area contributed by atoms with Gasteiger partial charge in [0.15, 0.2) is 5.78 Å². The molecule has 1 aliphatic heterocycles. The van der Waals surface area contributed by atoms with Crippen molar-refractivity contribution in [2.45, 2.75) is 38.0 Å². The topological polar surface area (TPSA) is 46.6 Å². The van der Waals surface area contributed by atoms with Gasteiger partial charge in [-0.05, 0) is 60.9 Å². The second kappa shape index (κ2) is 8.17. The molecule has 1 unspecified atom stereocenters. The molecule has 0 aromatic heterocycles. The van der Waals surface area contributed by atoms with Crippen molar-refractivity contribution in [1.82, 2.24) is 4.90 Å². The number of rotatable bonds is 4. The van der Waals surface area contributed by atoms with Gasteiger partial charge in [-0.3, -0.25) is 9.59 Å². The minimum Gasteiger partial charge on any atom is -0.497 e. The van der Waals surface area contributed by atoms with E-state index in [1.54, 1.807) is 7.11 Å². The van der Waals surface area contributed by atoms with Crippen LogP contribution in [0.25, 0.3) is 0 Å². The van der Waals surface area contributed by atoms with E-state index in [0.29, 0.717) is 12.3 Å². The fourth-order valence-corrected chi connectivity index (χ4v) is 4.55. The van der Waals surface area contributed by atoms with E-state index in [0.717, 1.165) is 55.6 Å². The van der Waals surface area contributed by atoms with Crippen molar-refractivity contribution in [2.24, 2.45) is 5.92 Å². The highest BCUT2D eigenvalue weighted by Gasteiger charge is 2.32. The number of aryl methyl sites for hydroxylation is 1. The van der Waals surface area contributed by atoms with Gasteiger partial charge in [0, 0.05) is 31.0 Å². The SMILES string of the molecule is COc1ccc2c(c1)CCC(CC(=O)N1CCC(c3ccccc3)CC1)C2=O. The van der Waals surface area contributed by atoms with Gasteiger partial charge in [-0.2, -0.15) is 0 Å². The summed E-state index contributed by atoms with van der Waals surface area (Å²) in [5.41, 5.74) is 3.16. The molecule has 0 saturated carbocycles. The molecular weight excluding hydrogens is 350 g/mol. The average Bonchev–Trinajstić information content (AvgIpc) is 2.76. The summed E-state index contributed by atoms with van der Waals surface area (Å²) in [7, 11) is 1.63. The normalized spacial score (nSPS) is 20.0. The summed E-state index contributed by atoms with van der Waals surface area (Å²) in [5, 5.41) is 0. The number of Topliss-reactive ketones (excluding diaryl/α,β-unsaturated/α-hetero) is 1. The lowest BCUT2D eigenvalue weighted by molar-refractivity contribution is -0.133. The van der Waals surface area contributed by atoms with Crippen LogP contribution in [0.1, 0.15) is 53.1 Å². The lowest BCUT2D eigenvalue weighted by Crippen LogP contribution is -2.40. The summed E-state index contributed by atoms with van der Waals surface area (Å²) in [6, 6.07) is 16.2. The van der Waals surface area contributed by atoms with E-state index in [-0.39, 0.29) is 17.6 Å². The van der Waals surface area contributed by atoms with Gasteiger partial charge in [0.05, 0.1) is 7.11 Å². The Morgan fingerprint density at radius 1 is 1.07 bits per heavy atom. The Kier molecular flexibility index (Phi) is 5.47. The lowest BCUT2D eigenvalue weighted by Gasteiger charge is -2.33. The molecule has 0 bridgehead atoms. The highest BCUT2D eigenvalue weighted by molar-refractivity contribution is 6.02. The summed E-state index contributed by atoms with van der Waals surface area (Å²) in [4.78, 5) is 27.6. The van der Waals surface area contributed by atoms with E-state index in [9.17, 15) is 9.59 Å². The summed E-state index contributed by atoms with van der Waals surface area (Å²) in [6.07, 6.45) is 3.89. The highest BCUT2D eigenvalue weighted by Crippen LogP contribution is 2.32. The smallest absolute Gasteiger partial charge is 0.223 e. The van der Waals surface area contributed by atoms with Crippen molar-refractivity contribution in [1.29, 1.82) is 0 Å². The molecule has 2 aliphatic rings. The van der Waals surface area contributed by atoms with Gasteiger partial charge in [-0.25, -0.2) is 0 Å². The molecule has 1 aliphatic carbocycles. The Morgan fingerprint density at radius 3 is 2.54 bits per heavy atom. The second-order valence-corrected chi connectivity index (χ2v) is 7.89. The molecule has 2 aromatic carbocycles. The van der Waals surface area contributed by atoms with Gasteiger partial charge in [-0.1, -0.05) is 30.3 Å². The number of ketones is 1. The standard InChI is InChI=1S/C24H27NO3/c1-28-21-9-10-22-19(15-21)7-8-20(24(22)27)16-23(26)25-13-11-18(12-14-25)17-5-3-2-4-6-17/h2-6,9-10,15,18,20H,7-8,11-14,16H2,1H3. The first kappa shape index (κ1) is 18.7. The monoisotopic (exact) mass is 377 g/mol. The number of carbonyl (C=O) groups is 2. The molecule has 1 amide bonds. The molecule has 146 valence electrons. The van der Waals surface area contributed by atoms with Crippen LogP contribution in [0.3, 0.4) is 0 Å². The molecule has 28 heavy (non-hydrogen) atoms. The molecule has 4 nitrogen and oxygen atoms in total. The van der Waals surface area contributed by atoms with E-state index >= 15 is 0 Å². The van der Waals surface area contributed by atoms with E-state index in [1.165, 1.54) is 5.56 Å². The van der Waals surface area contributed by atoms with Crippen LogP contribution in [0.15, 0.2) is 48.5 Å². The van der Waals surface area contributed by atoms with Crippen molar-refractivity contribution in [3.05, 3.63) is 65.2 Å². The molecule has 0 N–H and O–H groups in total. The fourth-order valence-electron chi connectivity index (χ4n) is 4.55. The maximum absolute atomic E-state index is 12.9. The summed E-state index contributed by atoms with van der Waals surface area (Å²) in [5.74, 6) is 1.35. The van der Waals surface area contributed by atoms with E-state index in [2.05, 4.69) is 24.3 Å². The number of likely N-dealkylation sites (tertiary alicyclic amines) is 1. The molecule has 4 rings (SSSR count). The number of benzene rings is 2. The molecule has 1 saturated heterocycles. The van der Waals surface area contributed by atoms with Crippen LogP contribution in [0.5, 0.6) is 5.75 Å². The molecule has 1 fully saturated rings. The Labute approximate surface area is 166 Å². The molecule has 4 heteroatoms. The third kappa shape index (κ3) is 3.82. The predicted molar refractivity (Wildman–Crippen MR) is 109 cm³/mol. The quantitative estimate of drug-likeness (QED) is 0.801. The third-order valence-corrected chi connectivity index (χ3v) is 6.25. The van der Waals surface area contributed by atoms with Crippen molar-refractivity contribution in [3.63, 3.8) is 0 Å². The van der Waals surface area contributed by atoms with Crippen molar-refractivity contribution in [3.8, 4) is 5.75 Å². The minimum atomic E-state index is -0.194. The fraction of sp³-hybridized carbons (Fsp3) is 0.417. The van der Waals surface area contributed by atoms with E-state index in [4.69, 9.17) is 4.74 Å². The number of methoxy groups -OCH3 is 1. The van der Waals surface area contributed by atoms with Gasteiger partial charge >= 0.3 is 0 Å². The van der Waals surface area contributed by atoms with Crippen LogP contribution in [0.4, 0.5) is 0 Å². The summed E-state index contributed by atoms with van der Waals surface area (Å²) in [6.45, 7) is 1.57. The Hall–Kier alpha value is -2.62. The maximum atomic E-state index is 12.9. The van der Waals surface area contributed by atoms with Crippen molar-refractivity contribution < 1.29 is 14.3 Å². The molecule has 2 aromatic rings. The Bertz CT molecular complexity index is 853. The number of hydrogen-bond acceptors (Lipinski definition) is 3. The average molecular weight is 377 g/mol. The Balaban J connectivity index is 1.35. The zero-order chi connectivity index (χ0) is 19.5. The van der Waals surface area contributed by atoms with Crippen LogP contribution in [0.2, 0.25) is 0 Å². The zero-order valence-corrected chi connectivity index (χ0v) is 16.4. The molecule has 1 atom stereocenters. The van der Waals surface area contributed by atoms with Crippen LogP contribution >= 0.6 is 0 Å². The molecule has 0 radical (unpaired) electrons. The van der Waals surface area contributed by atoms with Crippen molar-refractivity contribution >= 4 is 11.7 Å². The maximum Gasteiger partial charge on any atom is 0.223 e. The van der Waals surface area contributed by atoms with Gasteiger partial charge in [-0.15, -0.1) is 0 Å².